The van der Waals surface area contributed by atoms with Crippen molar-refractivity contribution in [2.24, 2.45) is 0 Å². The van der Waals surface area contributed by atoms with Gasteiger partial charge in [-0.3, -0.25) is 4.79 Å². The number of fused-ring (bicyclic) bond motifs is 3. The zero-order valence-corrected chi connectivity index (χ0v) is 20.4. The van der Waals surface area contributed by atoms with E-state index in [2.05, 4.69) is 4.98 Å². The first-order chi connectivity index (χ1) is 17.2. The molecule has 1 aliphatic heterocycles. The summed E-state index contributed by atoms with van der Waals surface area (Å²) in [6.45, 7) is 2.22. The van der Waals surface area contributed by atoms with Crippen LogP contribution in [0.3, 0.4) is 0 Å². The lowest BCUT2D eigenvalue weighted by Crippen LogP contribution is -2.43. The number of aromatic nitrogens is 1. The van der Waals surface area contributed by atoms with Gasteiger partial charge in [-0.05, 0) is 54.8 Å². The fourth-order valence-corrected chi connectivity index (χ4v) is 5.00. The molecule has 0 saturated heterocycles. The largest absolute Gasteiger partial charge is 0.497 e. The molecule has 2 aromatic heterocycles. The third kappa shape index (κ3) is 4.13. The average Bonchev–Trinajstić information content (AvgIpc) is 3.51. The van der Waals surface area contributed by atoms with Crippen molar-refractivity contribution in [3.05, 3.63) is 77.2 Å². The summed E-state index contributed by atoms with van der Waals surface area (Å²) in [5, 5.41) is 0.243. The number of hydrogen-bond acceptors (Lipinski definition) is 3. The molecular weight excluding hydrogens is 493 g/mol. The Morgan fingerprint density at radius 3 is 2.72 bits per heavy atom. The van der Waals surface area contributed by atoms with Gasteiger partial charge in [0.05, 0.1) is 18.4 Å². The van der Waals surface area contributed by atoms with E-state index in [4.69, 9.17) is 20.8 Å². The standard InChI is InChI=1S/C27H24ClF3N2O3/c1-3-20(28)26(34)33-13-12-16-18-14-15(35-2)8-9-21(18)32-24(16)25(33)23-11-10-22(36-23)17-6-4-5-7-19(17)27(29,30)31/h4-11,14,20,25,32H,3,12-13H2,1-2H3/t20-,25-/m0/s1. The van der Waals surface area contributed by atoms with Crippen LogP contribution < -0.4 is 4.74 Å². The van der Waals surface area contributed by atoms with E-state index in [9.17, 15) is 18.0 Å². The van der Waals surface area contributed by atoms with Gasteiger partial charge in [-0.2, -0.15) is 13.2 Å². The number of nitrogens with zero attached hydrogens (tertiary/aromatic N) is 1. The van der Waals surface area contributed by atoms with E-state index < -0.39 is 23.2 Å². The number of furan rings is 1. The van der Waals surface area contributed by atoms with Gasteiger partial charge in [-0.25, -0.2) is 0 Å². The predicted molar refractivity (Wildman–Crippen MR) is 131 cm³/mol. The van der Waals surface area contributed by atoms with Crippen LogP contribution in [-0.2, 0) is 17.4 Å². The number of methoxy groups -OCH3 is 1. The molecule has 0 fully saturated rings. The third-order valence-electron chi connectivity index (χ3n) is 6.64. The molecule has 9 heteroatoms. The molecule has 5 rings (SSSR count). The van der Waals surface area contributed by atoms with Gasteiger partial charge in [0.2, 0.25) is 5.91 Å². The van der Waals surface area contributed by atoms with Gasteiger partial charge in [-0.1, -0.05) is 25.1 Å². The monoisotopic (exact) mass is 516 g/mol. The number of alkyl halides is 4. The second-order valence-corrected chi connectivity index (χ2v) is 9.26. The van der Waals surface area contributed by atoms with E-state index >= 15 is 0 Å². The lowest BCUT2D eigenvalue weighted by Gasteiger charge is -2.35. The molecule has 0 radical (unpaired) electrons. The summed E-state index contributed by atoms with van der Waals surface area (Å²) in [4.78, 5) is 18.3. The molecule has 1 amide bonds. The van der Waals surface area contributed by atoms with Crippen LogP contribution in [0.2, 0.25) is 0 Å². The van der Waals surface area contributed by atoms with Crippen molar-refractivity contribution < 1.29 is 27.1 Å². The maximum Gasteiger partial charge on any atom is 0.417 e. The van der Waals surface area contributed by atoms with Crippen LogP contribution in [-0.4, -0.2) is 34.8 Å². The van der Waals surface area contributed by atoms with Crippen molar-refractivity contribution in [2.45, 2.75) is 37.4 Å². The fraction of sp³-hybridized carbons (Fsp3) is 0.296. The Hall–Kier alpha value is -3.39. The molecule has 5 nitrogen and oxygen atoms in total. The molecule has 1 aliphatic rings. The molecule has 0 bridgehead atoms. The summed E-state index contributed by atoms with van der Waals surface area (Å²) in [5.74, 6) is 0.887. The van der Waals surface area contributed by atoms with Crippen LogP contribution in [0.4, 0.5) is 13.2 Å². The van der Waals surface area contributed by atoms with Crippen LogP contribution in [0.25, 0.3) is 22.2 Å². The van der Waals surface area contributed by atoms with Crippen molar-refractivity contribution in [3.63, 3.8) is 0 Å². The molecule has 2 aromatic carbocycles. The quantitative estimate of drug-likeness (QED) is 0.292. The molecule has 36 heavy (non-hydrogen) atoms. The van der Waals surface area contributed by atoms with E-state index in [1.165, 1.54) is 24.3 Å². The zero-order valence-electron chi connectivity index (χ0n) is 19.7. The first-order valence-corrected chi connectivity index (χ1v) is 12.1. The lowest BCUT2D eigenvalue weighted by atomic mass is 9.95. The third-order valence-corrected chi connectivity index (χ3v) is 7.13. The number of halogens is 4. The normalized spacial score (nSPS) is 16.7. The SMILES string of the molecule is CC[C@H](Cl)C(=O)N1CCc2c([nH]c3ccc(OC)cc23)[C@@H]1c1ccc(-c2ccccc2C(F)(F)F)o1. The molecule has 0 saturated carbocycles. The van der Waals surface area contributed by atoms with Crippen LogP contribution >= 0.6 is 11.6 Å². The number of aromatic amines is 1. The first kappa shape index (κ1) is 24.3. The zero-order chi connectivity index (χ0) is 25.6. The van der Waals surface area contributed by atoms with E-state index in [-0.39, 0.29) is 17.2 Å². The Balaban J connectivity index is 1.65. The molecule has 1 N–H and O–H groups in total. The number of benzene rings is 2. The molecule has 2 atom stereocenters. The number of amides is 1. The van der Waals surface area contributed by atoms with Crippen LogP contribution in [0, 0.1) is 0 Å². The Bertz CT molecular complexity index is 1430. The van der Waals surface area contributed by atoms with Gasteiger partial charge in [0.25, 0.3) is 0 Å². The van der Waals surface area contributed by atoms with E-state index in [0.29, 0.717) is 30.9 Å². The summed E-state index contributed by atoms with van der Waals surface area (Å²) < 4.78 is 52.4. The van der Waals surface area contributed by atoms with Crippen molar-refractivity contribution in [2.75, 3.05) is 13.7 Å². The van der Waals surface area contributed by atoms with E-state index in [0.717, 1.165) is 28.2 Å². The van der Waals surface area contributed by atoms with Gasteiger partial charge in [-0.15, -0.1) is 11.6 Å². The Morgan fingerprint density at radius 2 is 2.00 bits per heavy atom. The van der Waals surface area contributed by atoms with Crippen LogP contribution in [0.1, 0.15) is 42.0 Å². The summed E-state index contributed by atoms with van der Waals surface area (Å²) in [6, 6.07) is 13.4. The van der Waals surface area contributed by atoms with Gasteiger partial charge < -0.3 is 19.0 Å². The number of carbonyl (C=O) groups is 1. The molecule has 0 unspecified atom stereocenters. The summed E-state index contributed by atoms with van der Waals surface area (Å²) >= 11 is 6.35. The Kier molecular flexibility index (Phi) is 6.24. The number of hydrogen-bond donors (Lipinski definition) is 1. The fourth-order valence-electron chi connectivity index (χ4n) is 4.87. The topological polar surface area (TPSA) is 58.5 Å². The van der Waals surface area contributed by atoms with Crippen molar-refractivity contribution in [1.82, 2.24) is 9.88 Å². The second-order valence-electron chi connectivity index (χ2n) is 8.73. The predicted octanol–water partition coefficient (Wildman–Crippen LogP) is 6.95. The van der Waals surface area contributed by atoms with E-state index in [1.54, 1.807) is 18.1 Å². The molecule has 0 aliphatic carbocycles. The highest BCUT2D eigenvalue weighted by molar-refractivity contribution is 6.30. The minimum Gasteiger partial charge on any atom is -0.497 e. The Morgan fingerprint density at radius 1 is 1.22 bits per heavy atom. The van der Waals surface area contributed by atoms with Crippen molar-refractivity contribution in [3.8, 4) is 17.1 Å². The maximum atomic E-state index is 13.6. The summed E-state index contributed by atoms with van der Waals surface area (Å²) in [6.07, 6.45) is -3.50. The van der Waals surface area contributed by atoms with E-state index in [1.807, 2.05) is 25.1 Å². The summed E-state index contributed by atoms with van der Waals surface area (Å²) in [5.41, 5.74) is 1.78. The van der Waals surface area contributed by atoms with Crippen LogP contribution in [0.5, 0.6) is 5.75 Å². The minimum absolute atomic E-state index is 0.0599. The van der Waals surface area contributed by atoms with Gasteiger partial charge in [0.1, 0.15) is 28.7 Å². The van der Waals surface area contributed by atoms with Gasteiger partial charge in [0.15, 0.2) is 0 Å². The van der Waals surface area contributed by atoms with Crippen molar-refractivity contribution >= 4 is 28.4 Å². The summed E-state index contributed by atoms with van der Waals surface area (Å²) in [7, 11) is 1.60. The highest BCUT2D eigenvalue weighted by Gasteiger charge is 2.39. The molecule has 4 aromatic rings. The number of carbonyl (C=O) groups excluding carboxylic acids is 1. The highest BCUT2D eigenvalue weighted by atomic mass is 35.5. The Labute approximate surface area is 210 Å². The molecule has 3 heterocycles. The number of rotatable bonds is 5. The maximum absolute atomic E-state index is 13.6. The molecule has 0 spiro atoms. The van der Waals surface area contributed by atoms with Crippen molar-refractivity contribution in [1.29, 1.82) is 0 Å². The number of H-pyrrole nitrogens is 1. The van der Waals surface area contributed by atoms with Gasteiger partial charge >= 0.3 is 6.18 Å². The smallest absolute Gasteiger partial charge is 0.417 e. The molecule has 188 valence electrons. The molecular formula is C27H24ClF3N2O3. The highest BCUT2D eigenvalue weighted by Crippen LogP contribution is 2.43. The first-order valence-electron chi connectivity index (χ1n) is 11.6. The minimum atomic E-state index is -4.53. The average molecular weight is 517 g/mol. The van der Waals surface area contributed by atoms with Crippen LogP contribution in [0.15, 0.2) is 59.0 Å². The number of nitrogens with one attached hydrogen (secondary N) is 1. The lowest BCUT2D eigenvalue weighted by molar-refractivity contribution is -0.137. The number of ether oxygens (including phenoxy) is 1. The second kappa shape index (κ2) is 9.24. The van der Waals surface area contributed by atoms with Gasteiger partial charge in [0, 0.05) is 23.0 Å².